The summed E-state index contributed by atoms with van der Waals surface area (Å²) in [5.41, 5.74) is 2.24. The minimum atomic E-state index is -3.69. The summed E-state index contributed by atoms with van der Waals surface area (Å²) < 4.78 is 26.5. The van der Waals surface area contributed by atoms with E-state index in [1.165, 1.54) is 16.7 Å². The van der Waals surface area contributed by atoms with E-state index >= 15 is 0 Å². The number of aromatic nitrogens is 2. The molecule has 4 N–H and O–H groups in total. The second kappa shape index (κ2) is 6.44. The number of nitrogen functional groups attached to an aromatic ring is 1. The minimum absolute atomic E-state index is 0.0110. The molecule has 1 saturated heterocycles. The number of aliphatic hydroxyl groups excluding tert-OH is 1. The molecule has 1 aromatic heterocycles. The minimum Gasteiger partial charge on any atom is -0.395 e. The van der Waals surface area contributed by atoms with Gasteiger partial charge in [0.05, 0.1) is 19.0 Å². The molecule has 20 heavy (non-hydrogen) atoms. The Kier molecular flexibility index (Phi) is 4.86. The van der Waals surface area contributed by atoms with Crippen molar-refractivity contribution in [3.8, 4) is 0 Å². The van der Waals surface area contributed by atoms with Crippen LogP contribution < -0.4 is 11.3 Å². The van der Waals surface area contributed by atoms with Crippen molar-refractivity contribution in [3.05, 3.63) is 12.4 Å². The monoisotopic (exact) mass is 301 g/mol. The van der Waals surface area contributed by atoms with Gasteiger partial charge < -0.3 is 5.11 Å². The molecule has 0 bridgehead atoms. The molecule has 112 valence electrons. The largest absolute Gasteiger partial charge is 0.395 e. The summed E-state index contributed by atoms with van der Waals surface area (Å²) >= 11 is 0. The Bertz CT molecular complexity index is 533. The summed E-state index contributed by atoms with van der Waals surface area (Å²) in [6.45, 7) is 0.229. The van der Waals surface area contributed by atoms with Gasteiger partial charge in [-0.05, 0) is 12.8 Å². The molecule has 0 aromatic carbocycles. The lowest BCUT2D eigenvalue weighted by atomic mass is 10.1. The molecule has 1 atom stereocenters. The summed E-state index contributed by atoms with van der Waals surface area (Å²) in [5.74, 6) is 5.30. The molecule has 9 heteroatoms. The lowest BCUT2D eigenvalue weighted by Crippen LogP contribution is -2.42. The van der Waals surface area contributed by atoms with Crippen molar-refractivity contribution in [3.63, 3.8) is 0 Å². The van der Waals surface area contributed by atoms with E-state index in [-0.39, 0.29) is 23.5 Å². The Balaban J connectivity index is 2.30. The van der Waals surface area contributed by atoms with Crippen molar-refractivity contribution in [2.24, 2.45) is 5.84 Å². The number of aliphatic hydroxyl groups is 1. The predicted molar refractivity (Wildman–Crippen MR) is 73.1 cm³/mol. The molecule has 0 saturated carbocycles. The van der Waals surface area contributed by atoms with Gasteiger partial charge in [0.25, 0.3) is 0 Å². The van der Waals surface area contributed by atoms with E-state index in [2.05, 4.69) is 15.4 Å². The van der Waals surface area contributed by atoms with Crippen LogP contribution in [0.5, 0.6) is 0 Å². The molecular formula is C11H19N5O3S. The smallest absolute Gasteiger partial charge is 0.246 e. The first-order valence-electron chi connectivity index (χ1n) is 6.51. The first-order valence-corrected chi connectivity index (χ1v) is 7.95. The third kappa shape index (κ3) is 3.06. The summed E-state index contributed by atoms with van der Waals surface area (Å²) in [5, 5.41) is 9.41. The predicted octanol–water partition coefficient (Wildman–Crippen LogP) is -0.312. The van der Waals surface area contributed by atoms with Crippen molar-refractivity contribution < 1.29 is 13.5 Å². The zero-order valence-electron chi connectivity index (χ0n) is 11.1. The molecule has 1 fully saturated rings. The molecule has 1 aromatic rings. The molecule has 8 nitrogen and oxygen atoms in total. The van der Waals surface area contributed by atoms with Crippen LogP contribution in [-0.2, 0) is 10.0 Å². The highest BCUT2D eigenvalue weighted by Crippen LogP contribution is 2.24. The van der Waals surface area contributed by atoms with E-state index < -0.39 is 10.0 Å². The third-order valence-electron chi connectivity index (χ3n) is 3.40. The van der Waals surface area contributed by atoms with Crippen LogP contribution in [0.2, 0.25) is 0 Å². The molecule has 1 aliphatic rings. The normalized spacial score (nSPS) is 21.4. The average molecular weight is 301 g/mol. The molecule has 2 rings (SSSR count). The van der Waals surface area contributed by atoms with E-state index in [0.717, 1.165) is 19.3 Å². The number of nitrogens with zero attached hydrogens (tertiary/aromatic N) is 3. The first kappa shape index (κ1) is 15.1. The van der Waals surface area contributed by atoms with Crippen LogP contribution in [-0.4, -0.2) is 47.0 Å². The van der Waals surface area contributed by atoms with Crippen molar-refractivity contribution in [1.29, 1.82) is 0 Å². The number of hydrogen-bond donors (Lipinski definition) is 3. The third-order valence-corrected chi connectivity index (χ3v) is 5.30. The highest BCUT2D eigenvalue weighted by atomic mass is 32.2. The van der Waals surface area contributed by atoms with Crippen LogP contribution in [0.3, 0.4) is 0 Å². The van der Waals surface area contributed by atoms with Gasteiger partial charge in [-0.15, -0.1) is 0 Å². The second-order valence-corrected chi connectivity index (χ2v) is 6.58. The topological polar surface area (TPSA) is 121 Å². The molecule has 2 heterocycles. The molecule has 0 radical (unpaired) electrons. The van der Waals surface area contributed by atoms with Gasteiger partial charge in [-0.2, -0.15) is 4.31 Å². The highest BCUT2D eigenvalue weighted by molar-refractivity contribution is 7.89. The number of anilines is 1. The van der Waals surface area contributed by atoms with Gasteiger partial charge in [0.1, 0.15) is 4.90 Å². The van der Waals surface area contributed by atoms with Crippen LogP contribution in [0.25, 0.3) is 0 Å². The van der Waals surface area contributed by atoms with Gasteiger partial charge in [-0.3, -0.25) is 5.43 Å². The van der Waals surface area contributed by atoms with E-state index in [1.807, 2.05) is 0 Å². The number of hydrogen-bond acceptors (Lipinski definition) is 7. The molecule has 0 spiro atoms. The maximum absolute atomic E-state index is 12.6. The Hall–Kier alpha value is -1.29. The van der Waals surface area contributed by atoms with Crippen LogP contribution in [0.1, 0.15) is 25.7 Å². The lowest BCUT2D eigenvalue weighted by Gasteiger charge is -2.27. The summed E-state index contributed by atoms with van der Waals surface area (Å²) in [6, 6.07) is -0.380. The van der Waals surface area contributed by atoms with Gasteiger partial charge in [0, 0.05) is 12.6 Å². The van der Waals surface area contributed by atoms with Crippen LogP contribution in [0.4, 0.5) is 5.95 Å². The molecular weight excluding hydrogens is 282 g/mol. The summed E-state index contributed by atoms with van der Waals surface area (Å²) in [4.78, 5) is 7.65. The lowest BCUT2D eigenvalue weighted by molar-refractivity contribution is 0.186. The van der Waals surface area contributed by atoms with Crippen molar-refractivity contribution >= 4 is 16.0 Å². The number of nitrogens with two attached hydrogens (primary N) is 1. The van der Waals surface area contributed by atoms with Crippen LogP contribution in [0.15, 0.2) is 17.3 Å². The van der Waals surface area contributed by atoms with Gasteiger partial charge in [-0.1, -0.05) is 12.8 Å². The summed E-state index contributed by atoms with van der Waals surface area (Å²) in [7, 11) is -3.69. The van der Waals surface area contributed by atoms with Gasteiger partial charge in [-0.25, -0.2) is 24.2 Å². The van der Waals surface area contributed by atoms with Crippen molar-refractivity contribution in [2.45, 2.75) is 36.6 Å². The second-order valence-electron chi connectivity index (χ2n) is 4.69. The molecule has 1 unspecified atom stereocenters. The molecule has 0 aliphatic carbocycles. The fourth-order valence-corrected chi connectivity index (χ4v) is 3.89. The Labute approximate surface area is 118 Å². The average Bonchev–Trinajstić information content (AvgIpc) is 2.73. The maximum Gasteiger partial charge on any atom is 0.246 e. The van der Waals surface area contributed by atoms with Gasteiger partial charge in [0.2, 0.25) is 16.0 Å². The van der Waals surface area contributed by atoms with E-state index in [0.29, 0.717) is 13.0 Å². The van der Waals surface area contributed by atoms with E-state index in [4.69, 9.17) is 5.84 Å². The van der Waals surface area contributed by atoms with E-state index in [9.17, 15) is 13.5 Å². The van der Waals surface area contributed by atoms with Crippen molar-refractivity contribution in [1.82, 2.24) is 14.3 Å². The number of rotatable bonds is 4. The number of nitrogens with one attached hydrogen (secondary N) is 1. The first-order chi connectivity index (χ1) is 9.59. The van der Waals surface area contributed by atoms with E-state index in [1.54, 1.807) is 0 Å². The SMILES string of the molecule is NNc1ncc(S(=O)(=O)N2CCCCCC2CO)cn1. The summed E-state index contributed by atoms with van der Waals surface area (Å²) in [6.07, 6.45) is 5.78. The van der Waals surface area contributed by atoms with Crippen LogP contribution in [0, 0.1) is 0 Å². The van der Waals surface area contributed by atoms with Crippen molar-refractivity contribution in [2.75, 3.05) is 18.6 Å². The highest BCUT2D eigenvalue weighted by Gasteiger charge is 2.32. The quantitative estimate of drug-likeness (QED) is 0.515. The van der Waals surface area contributed by atoms with Gasteiger partial charge >= 0.3 is 0 Å². The zero-order chi connectivity index (χ0) is 14.6. The number of hydrazine groups is 1. The Morgan fingerprint density at radius 3 is 2.65 bits per heavy atom. The maximum atomic E-state index is 12.6. The Morgan fingerprint density at radius 1 is 1.35 bits per heavy atom. The van der Waals surface area contributed by atoms with Crippen LogP contribution >= 0.6 is 0 Å². The fourth-order valence-electron chi connectivity index (χ4n) is 2.31. The fraction of sp³-hybridized carbons (Fsp3) is 0.636. The van der Waals surface area contributed by atoms with Gasteiger partial charge in [0.15, 0.2) is 0 Å². The Morgan fingerprint density at radius 2 is 2.05 bits per heavy atom. The molecule has 0 amide bonds. The number of sulfonamides is 1. The molecule has 1 aliphatic heterocycles. The zero-order valence-corrected chi connectivity index (χ0v) is 11.9. The standard InChI is InChI=1S/C11H19N5O3S/c12-15-11-13-6-10(7-14-11)20(18,19)16-5-3-1-2-4-9(16)8-17/h6-7,9,17H,1-5,8,12H2,(H,13,14,15).